The van der Waals surface area contributed by atoms with Gasteiger partial charge in [-0.05, 0) is 86.5 Å². The summed E-state index contributed by atoms with van der Waals surface area (Å²) >= 11 is 0. The summed E-state index contributed by atoms with van der Waals surface area (Å²) in [6, 6.07) is 0. The van der Waals surface area contributed by atoms with E-state index in [2.05, 4.69) is 20.8 Å². The van der Waals surface area contributed by atoms with Crippen LogP contribution in [0.3, 0.4) is 0 Å². The van der Waals surface area contributed by atoms with Gasteiger partial charge in [-0.1, -0.05) is 19.4 Å². The van der Waals surface area contributed by atoms with Gasteiger partial charge in [-0.3, -0.25) is 4.79 Å². The van der Waals surface area contributed by atoms with Crippen LogP contribution in [0.25, 0.3) is 0 Å². The van der Waals surface area contributed by atoms with E-state index >= 15 is 0 Å². The lowest BCUT2D eigenvalue weighted by molar-refractivity contribution is -0.124. The molecule has 0 radical (unpaired) electrons. The average molecular weight is 302 g/mol. The molecule has 0 aromatic rings. The molecule has 122 valence electrons. The lowest BCUT2D eigenvalue weighted by Gasteiger charge is -2.58. The number of carbonyl (C=O) groups is 1. The molecule has 0 spiro atoms. The lowest BCUT2D eigenvalue weighted by Crippen LogP contribution is -2.53. The van der Waals surface area contributed by atoms with Crippen LogP contribution >= 0.6 is 0 Å². The van der Waals surface area contributed by atoms with E-state index in [-0.39, 0.29) is 10.8 Å². The summed E-state index contributed by atoms with van der Waals surface area (Å²) in [5.74, 6) is 2.50. The average Bonchev–Trinajstić information content (AvgIpc) is 2.70. The van der Waals surface area contributed by atoms with E-state index in [4.69, 9.17) is 0 Å². The minimum Gasteiger partial charge on any atom is -0.390 e. The van der Waals surface area contributed by atoms with Crippen LogP contribution in [0.1, 0.15) is 72.1 Å². The Kier molecular flexibility index (Phi) is 3.03. The Bertz CT molecular complexity index is 546. The Labute approximate surface area is 134 Å². The maximum Gasteiger partial charge on any atom is 0.155 e. The molecule has 3 fully saturated rings. The zero-order valence-electron chi connectivity index (χ0n) is 14.3. The summed E-state index contributed by atoms with van der Waals surface area (Å²) in [6.45, 7) is 6.85. The molecule has 0 heterocycles. The molecule has 0 bridgehead atoms. The molecule has 4 rings (SSSR count). The zero-order chi connectivity index (χ0) is 15.8. The van der Waals surface area contributed by atoms with E-state index in [1.54, 1.807) is 0 Å². The van der Waals surface area contributed by atoms with Crippen molar-refractivity contribution in [3.8, 4) is 0 Å². The lowest BCUT2D eigenvalue weighted by atomic mass is 9.46. The number of allylic oxidation sites excluding steroid dienone is 1. The minimum absolute atomic E-state index is 0.107. The first-order chi connectivity index (χ1) is 10.3. The summed E-state index contributed by atoms with van der Waals surface area (Å²) in [5.41, 5.74) is 1.32. The first kappa shape index (κ1) is 14.9. The van der Waals surface area contributed by atoms with Crippen LogP contribution in [0.2, 0.25) is 0 Å². The van der Waals surface area contributed by atoms with Crippen molar-refractivity contribution in [2.45, 2.75) is 77.7 Å². The van der Waals surface area contributed by atoms with Gasteiger partial charge in [-0.25, -0.2) is 0 Å². The molecule has 0 unspecified atom stereocenters. The molecule has 4 aliphatic carbocycles. The van der Waals surface area contributed by atoms with Gasteiger partial charge < -0.3 is 5.11 Å². The smallest absolute Gasteiger partial charge is 0.155 e. The number of hydrogen-bond acceptors (Lipinski definition) is 2. The van der Waals surface area contributed by atoms with Gasteiger partial charge in [0.15, 0.2) is 5.78 Å². The Balaban J connectivity index is 1.70. The van der Waals surface area contributed by atoms with Crippen molar-refractivity contribution >= 4 is 5.78 Å². The third kappa shape index (κ3) is 1.74. The number of aliphatic hydroxyl groups is 1. The number of carbonyl (C=O) groups excluding carboxylic acids is 1. The summed E-state index contributed by atoms with van der Waals surface area (Å²) < 4.78 is 0. The molecular weight excluding hydrogens is 272 g/mol. The molecule has 0 aromatic carbocycles. The molecule has 22 heavy (non-hydrogen) atoms. The third-order valence-corrected chi connectivity index (χ3v) is 8.52. The number of rotatable bonds is 0. The third-order valence-electron chi connectivity index (χ3n) is 8.52. The van der Waals surface area contributed by atoms with Crippen LogP contribution < -0.4 is 0 Å². The number of hydrogen-bond donors (Lipinski definition) is 1. The Morgan fingerprint density at radius 1 is 1.00 bits per heavy atom. The van der Waals surface area contributed by atoms with E-state index < -0.39 is 5.60 Å². The maximum absolute atomic E-state index is 11.8. The van der Waals surface area contributed by atoms with Gasteiger partial charge in [-0.2, -0.15) is 0 Å². The first-order valence-corrected chi connectivity index (χ1v) is 9.24. The monoisotopic (exact) mass is 302 g/mol. The van der Waals surface area contributed by atoms with E-state index in [0.717, 1.165) is 43.9 Å². The largest absolute Gasteiger partial charge is 0.390 e. The summed E-state index contributed by atoms with van der Waals surface area (Å²) in [5, 5.41) is 10.9. The van der Waals surface area contributed by atoms with Crippen molar-refractivity contribution in [1.82, 2.24) is 0 Å². The molecule has 4 aliphatic rings. The van der Waals surface area contributed by atoms with Gasteiger partial charge in [0.05, 0.1) is 5.60 Å². The fourth-order valence-electron chi connectivity index (χ4n) is 6.80. The number of ketones is 1. The SMILES string of the molecule is C[C@]1(O)CC[C@@H]2[C@H]3CCC4=CC(=O)CC[C@@]4(C)[C@@H]3CC[C@@]21C. The van der Waals surface area contributed by atoms with E-state index in [9.17, 15) is 9.90 Å². The highest BCUT2D eigenvalue weighted by atomic mass is 16.3. The van der Waals surface area contributed by atoms with Crippen LogP contribution in [-0.4, -0.2) is 16.5 Å². The molecule has 0 aromatic heterocycles. The molecular formula is C20H30O2. The fourth-order valence-corrected chi connectivity index (χ4v) is 6.80. The molecule has 1 N–H and O–H groups in total. The summed E-state index contributed by atoms with van der Waals surface area (Å²) in [4.78, 5) is 11.8. The van der Waals surface area contributed by atoms with Crippen molar-refractivity contribution in [2.24, 2.45) is 28.6 Å². The first-order valence-electron chi connectivity index (χ1n) is 9.24. The fraction of sp³-hybridized carbons (Fsp3) is 0.850. The van der Waals surface area contributed by atoms with Gasteiger partial charge in [0.1, 0.15) is 0 Å². The van der Waals surface area contributed by atoms with Crippen molar-refractivity contribution < 1.29 is 9.90 Å². The predicted octanol–water partition coefficient (Wildman–Crippen LogP) is 4.27. The molecule has 0 aliphatic heterocycles. The number of fused-ring (bicyclic) bond motifs is 5. The van der Waals surface area contributed by atoms with Crippen molar-refractivity contribution in [2.75, 3.05) is 0 Å². The highest BCUT2D eigenvalue weighted by Gasteiger charge is 2.62. The van der Waals surface area contributed by atoms with Gasteiger partial charge in [0, 0.05) is 6.42 Å². The second-order valence-corrected chi connectivity index (χ2v) is 9.24. The zero-order valence-corrected chi connectivity index (χ0v) is 14.3. The van der Waals surface area contributed by atoms with Gasteiger partial charge in [0.25, 0.3) is 0 Å². The summed E-state index contributed by atoms with van der Waals surface area (Å²) in [7, 11) is 0. The van der Waals surface area contributed by atoms with E-state index in [1.165, 1.54) is 24.8 Å². The molecule has 0 saturated heterocycles. The second kappa shape index (κ2) is 4.47. The Morgan fingerprint density at radius 2 is 1.73 bits per heavy atom. The van der Waals surface area contributed by atoms with E-state index in [1.807, 2.05) is 6.08 Å². The van der Waals surface area contributed by atoms with Gasteiger partial charge in [-0.15, -0.1) is 0 Å². The maximum atomic E-state index is 11.8. The van der Waals surface area contributed by atoms with Crippen molar-refractivity contribution in [3.63, 3.8) is 0 Å². The Morgan fingerprint density at radius 3 is 2.50 bits per heavy atom. The van der Waals surface area contributed by atoms with Crippen molar-refractivity contribution in [1.29, 1.82) is 0 Å². The molecule has 6 atom stereocenters. The quantitative estimate of drug-likeness (QED) is 0.725. The minimum atomic E-state index is -0.484. The Hall–Kier alpha value is -0.630. The normalized spacial score (nSPS) is 54.3. The van der Waals surface area contributed by atoms with Gasteiger partial charge >= 0.3 is 0 Å². The van der Waals surface area contributed by atoms with Crippen LogP contribution in [0.4, 0.5) is 0 Å². The van der Waals surface area contributed by atoms with Crippen LogP contribution in [-0.2, 0) is 4.79 Å². The van der Waals surface area contributed by atoms with Crippen LogP contribution in [0.5, 0.6) is 0 Å². The molecule has 2 heteroatoms. The topological polar surface area (TPSA) is 37.3 Å². The predicted molar refractivity (Wildman–Crippen MR) is 87.3 cm³/mol. The van der Waals surface area contributed by atoms with Crippen molar-refractivity contribution in [3.05, 3.63) is 11.6 Å². The standard InChI is InChI=1S/C20H30O2/c1-18-9-6-14(21)12-13(18)4-5-15-16(18)7-10-19(2)17(15)8-11-20(19,3)22/h12,15-17,22H,4-11H2,1-3H3/t15-,16+,17+,18+,19-,20-/m0/s1. The van der Waals surface area contributed by atoms with Crippen LogP contribution in [0.15, 0.2) is 11.6 Å². The molecule has 0 amide bonds. The highest BCUT2D eigenvalue weighted by molar-refractivity contribution is 5.91. The molecule has 2 nitrogen and oxygen atoms in total. The van der Waals surface area contributed by atoms with E-state index in [0.29, 0.717) is 11.7 Å². The van der Waals surface area contributed by atoms with Crippen LogP contribution in [0, 0.1) is 28.6 Å². The second-order valence-electron chi connectivity index (χ2n) is 9.24. The highest BCUT2D eigenvalue weighted by Crippen LogP contribution is 2.67. The van der Waals surface area contributed by atoms with Gasteiger partial charge in [0.2, 0.25) is 0 Å². The molecule has 3 saturated carbocycles. The summed E-state index contributed by atoms with van der Waals surface area (Å²) in [6.07, 6.45) is 10.7.